The summed E-state index contributed by atoms with van der Waals surface area (Å²) in [6.07, 6.45) is 0.987. The van der Waals surface area contributed by atoms with Crippen LogP contribution in [0.4, 0.5) is 14.9 Å². The van der Waals surface area contributed by atoms with Gasteiger partial charge in [0.15, 0.2) is 0 Å². The van der Waals surface area contributed by atoms with Crippen molar-refractivity contribution in [3.63, 3.8) is 0 Å². The summed E-state index contributed by atoms with van der Waals surface area (Å²) in [7, 11) is 3.40. The van der Waals surface area contributed by atoms with Gasteiger partial charge in [-0.05, 0) is 66.6 Å². The Bertz CT molecular complexity index is 849. The quantitative estimate of drug-likeness (QED) is 0.776. The second kappa shape index (κ2) is 8.75. The highest BCUT2D eigenvalue weighted by Crippen LogP contribution is 2.36. The van der Waals surface area contributed by atoms with E-state index in [0.717, 1.165) is 16.7 Å². The van der Waals surface area contributed by atoms with Crippen LogP contribution in [0.1, 0.15) is 18.4 Å². The Balaban J connectivity index is 1.78. The van der Waals surface area contributed by atoms with E-state index in [0.29, 0.717) is 37.3 Å². The first-order valence-electron chi connectivity index (χ1n) is 9.05. The average Bonchev–Trinajstić information content (AvgIpc) is 2.69. The second-order valence-electron chi connectivity index (χ2n) is 6.95. The highest BCUT2D eigenvalue weighted by atomic mass is 32.2. The fraction of sp³-hybridized carbons (Fsp3) is 0.333. The third kappa shape index (κ3) is 4.54. The van der Waals surface area contributed by atoms with E-state index in [4.69, 9.17) is 4.74 Å². The predicted octanol–water partition coefficient (Wildman–Crippen LogP) is 4.29. The molecular weight excluding hydrogens is 379 g/mol. The van der Waals surface area contributed by atoms with E-state index in [-0.39, 0.29) is 17.0 Å². The molecule has 0 spiro atoms. The Labute approximate surface area is 168 Å². The summed E-state index contributed by atoms with van der Waals surface area (Å²) in [4.78, 5) is 27.3. The lowest BCUT2D eigenvalue weighted by atomic mass is 9.73. The normalized spacial score (nSPS) is 15.7. The fourth-order valence-corrected chi connectivity index (χ4v) is 3.86. The fourth-order valence-electron chi connectivity index (χ4n) is 3.20. The minimum Gasteiger partial charge on any atom is -0.381 e. The summed E-state index contributed by atoms with van der Waals surface area (Å²) in [6.45, 7) is 0.901. The van der Waals surface area contributed by atoms with Crippen molar-refractivity contribution in [2.45, 2.75) is 23.2 Å². The zero-order chi connectivity index (χ0) is 20.1. The third-order valence-electron chi connectivity index (χ3n) is 4.84. The van der Waals surface area contributed by atoms with Gasteiger partial charge in [-0.3, -0.25) is 9.59 Å². The Morgan fingerprint density at radius 3 is 2.39 bits per heavy atom. The number of amides is 2. The zero-order valence-corrected chi connectivity index (χ0v) is 16.7. The number of rotatable bonds is 4. The lowest BCUT2D eigenvalue weighted by Gasteiger charge is -2.36. The van der Waals surface area contributed by atoms with Gasteiger partial charge in [0, 0.05) is 37.9 Å². The molecule has 2 amide bonds. The van der Waals surface area contributed by atoms with Crippen LogP contribution < -0.4 is 5.32 Å². The summed E-state index contributed by atoms with van der Waals surface area (Å²) in [5.41, 5.74) is 0.472. The number of thioether (sulfide) groups is 1. The number of ether oxygens (including phenoxy) is 1. The van der Waals surface area contributed by atoms with Crippen molar-refractivity contribution >= 4 is 28.6 Å². The number of anilines is 1. The minimum atomic E-state index is -0.825. The van der Waals surface area contributed by atoms with E-state index >= 15 is 0 Å². The zero-order valence-electron chi connectivity index (χ0n) is 15.9. The summed E-state index contributed by atoms with van der Waals surface area (Å²) in [5, 5.41) is 2.89. The van der Waals surface area contributed by atoms with Crippen molar-refractivity contribution in [3.8, 4) is 0 Å². The molecular formula is C21H23FN2O3S. The average molecular weight is 402 g/mol. The number of benzene rings is 2. The van der Waals surface area contributed by atoms with Crippen LogP contribution in [0.25, 0.3) is 0 Å². The molecule has 148 valence electrons. The molecule has 7 heteroatoms. The van der Waals surface area contributed by atoms with Gasteiger partial charge in [-0.25, -0.2) is 4.39 Å². The summed E-state index contributed by atoms with van der Waals surface area (Å²) >= 11 is 1.12. The molecule has 2 aromatic rings. The molecule has 0 aromatic heterocycles. The maximum Gasteiger partial charge on any atom is 0.285 e. The Kier molecular flexibility index (Phi) is 6.36. The highest BCUT2D eigenvalue weighted by Gasteiger charge is 2.42. The smallest absolute Gasteiger partial charge is 0.285 e. The molecule has 0 atom stereocenters. The second-order valence-corrected chi connectivity index (χ2v) is 7.97. The molecule has 28 heavy (non-hydrogen) atoms. The number of nitrogens with one attached hydrogen (secondary N) is 1. The monoisotopic (exact) mass is 402 g/mol. The summed E-state index contributed by atoms with van der Waals surface area (Å²) < 4.78 is 19.2. The number of hydrogen-bond acceptors (Lipinski definition) is 4. The molecule has 1 fully saturated rings. The number of carbonyl (C=O) groups excluding carboxylic acids is 2. The van der Waals surface area contributed by atoms with Gasteiger partial charge in [-0.15, -0.1) is 0 Å². The van der Waals surface area contributed by atoms with Crippen molar-refractivity contribution in [3.05, 3.63) is 59.9 Å². The molecule has 2 aromatic carbocycles. The number of halogens is 1. The molecule has 1 heterocycles. The largest absolute Gasteiger partial charge is 0.381 e. The van der Waals surface area contributed by atoms with Gasteiger partial charge in [0.1, 0.15) is 5.82 Å². The van der Waals surface area contributed by atoms with Crippen LogP contribution in [0, 0.1) is 5.82 Å². The number of nitrogens with zero attached hydrogens (tertiary/aromatic N) is 1. The van der Waals surface area contributed by atoms with Gasteiger partial charge in [0.2, 0.25) is 5.91 Å². The van der Waals surface area contributed by atoms with Crippen LogP contribution in [0.3, 0.4) is 0 Å². The first-order chi connectivity index (χ1) is 13.4. The first kappa shape index (κ1) is 20.4. The summed E-state index contributed by atoms with van der Waals surface area (Å²) in [5.74, 6) is -0.533. The van der Waals surface area contributed by atoms with E-state index in [1.165, 1.54) is 17.0 Å². The highest BCUT2D eigenvalue weighted by molar-refractivity contribution is 8.13. The van der Waals surface area contributed by atoms with Gasteiger partial charge >= 0.3 is 0 Å². The molecule has 0 bridgehead atoms. The van der Waals surface area contributed by atoms with Crippen molar-refractivity contribution in [1.82, 2.24) is 4.90 Å². The predicted molar refractivity (Wildman–Crippen MR) is 108 cm³/mol. The minimum absolute atomic E-state index is 0.0657. The van der Waals surface area contributed by atoms with Crippen LogP contribution in [-0.2, 0) is 14.9 Å². The molecule has 1 saturated heterocycles. The molecule has 0 unspecified atom stereocenters. The molecule has 0 radical (unpaired) electrons. The number of carbonyl (C=O) groups is 2. The van der Waals surface area contributed by atoms with Crippen LogP contribution in [0.2, 0.25) is 0 Å². The topological polar surface area (TPSA) is 58.6 Å². The third-order valence-corrected chi connectivity index (χ3v) is 5.89. The van der Waals surface area contributed by atoms with E-state index < -0.39 is 5.41 Å². The first-order valence-corrected chi connectivity index (χ1v) is 9.87. The molecule has 1 N–H and O–H groups in total. The maximum absolute atomic E-state index is 13.8. The SMILES string of the molecule is CN(C)C(=O)Sc1ccc(NC(=O)C2(c3cccc(F)c3)CCOCC2)cc1. The van der Waals surface area contributed by atoms with E-state index in [9.17, 15) is 14.0 Å². The Hall–Kier alpha value is -2.38. The van der Waals surface area contributed by atoms with Crippen LogP contribution >= 0.6 is 11.8 Å². The van der Waals surface area contributed by atoms with Gasteiger partial charge in [-0.2, -0.15) is 0 Å². The summed E-state index contributed by atoms with van der Waals surface area (Å²) in [6, 6.07) is 13.3. The van der Waals surface area contributed by atoms with Gasteiger partial charge in [0.05, 0.1) is 5.41 Å². The van der Waals surface area contributed by atoms with E-state index in [1.54, 1.807) is 50.5 Å². The van der Waals surface area contributed by atoms with E-state index in [1.807, 2.05) is 0 Å². The van der Waals surface area contributed by atoms with E-state index in [2.05, 4.69) is 5.32 Å². The Morgan fingerprint density at radius 2 is 1.79 bits per heavy atom. The molecule has 1 aliphatic rings. The molecule has 5 nitrogen and oxygen atoms in total. The van der Waals surface area contributed by atoms with Crippen LogP contribution in [-0.4, -0.2) is 43.4 Å². The van der Waals surface area contributed by atoms with Gasteiger partial charge in [0.25, 0.3) is 5.24 Å². The number of hydrogen-bond donors (Lipinski definition) is 1. The molecule has 1 aliphatic heterocycles. The van der Waals surface area contributed by atoms with Crippen molar-refractivity contribution in [2.24, 2.45) is 0 Å². The van der Waals surface area contributed by atoms with Gasteiger partial charge in [-0.1, -0.05) is 12.1 Å². The van der Waals surface area contributed by atoms with Crippen LogP contribution in [0.15, 0.2) is 53.4 Å². The standard InChI is InChI=1S/C21H23FN2O3S/c1-24(2)20(26)28-18-8-6-17(7-9-18)23-19(25)21(10-12-27-13-11-21)15-4-3-5-16(22)14-15/h3-9,14H,10-13H2,1-2H3,(H,23,25). The maximum atomic E-state index is 13.8. The molecule has 0 aliphatic carbocycles. The molecule has 0 saturated carbocycles. The van der Waals surface area contributed by atoms with Crippen molar-refractivity contribution in [1.29, 1.82) is 0 Å². The van der Waals surface area contributed by atoms with Crippen LogP contribution in [0.5, 0.6) is 0 Å². The lowest BCUT2D eigenvalue weighted by molar-refractivity contribution is -0.125. The Morgan fingerprint density at radius 1 is 1.11 bits per heavy atom. The lowest BCUT2D eigenvalue weighted by Crippen LogP contribution is -2.44. The molecule has 3 rings (SSSR count). The van der Waals surface area contributed by atoms with Gasteiger partial charge < -0.3 is 15.0 Å². The van der Waals surface area contributed by atoms with Crippen molar-refractivity contribution in [2.75, 3.05) is 32.6 Å². The van der Waals surface area contributed by atoms with Crippen molar-refractivity contribution < 1.29 is 18.7 Å².